The van der Waals surface area contributed by atoms with E-state index in [0.717, 1.165) is 28.0 Å². The number of anilines is 1. The Morgan fingerprint density at radius 1 is 1.00 bits per heavy atom. The molecule has 0 atom stereocenters. The van der Waals surface area contributed by atoms with Gasteiger partial charge in [-0.15, -0.1) is 0 Å². The summed E-state index contributed by atoms with van der Waals surface area (Å²) < 4.78 is 17.5. The highest BCUT2D eigenvalue weighted by molar-refractivity contribution is 6.07. The lowest BCUT2D eigenvalue weighted by Crippen LogP contribution is -2.42. The molecule has 2 aliphatic heterocycles. The highest BCUT2D eigenvalue weighted by Gasteiger charge is 2.56. The van der Waals surface area contributed by atoms with Crippen LogP contribution in [0.3, 0.4) is 0 Å². The van der Waals surface area contributed by atoms with Crippen LogP contribution in [0.4, 0.5) is 5.69 Å². The largest absolute Gasteiger partial charge is 0.492 e. The van der Waals surface area contributed by atoms with Crippen molar-refractivity contribution in [2.45, 2.75) is 12.7 Å². The summed E-state index contributed by atoms with van der Waals surface area (Å²) in [6.07, 6.45) is 0. The van der Waals surface area contributed by atoms with Crippen molar-refractivity contribution in [3.8, 4) is 5.75 Å². The second-order valence-corrected chi connectivity index (χ2v) is 7.10. The molecule has 2 heterocycles. The Kier molecular flexibility index (Phi) is 4.07. The molecule has 3 aromatic carbocycles. The molecule has 142 valence electrons. The minimum atomic E-state index is -1.29. The van der Waals surface area contributed by atoms with Gasteiger partial charge < -0.3 is 19.1 Å². The summed E-state index contributed by atoms with van der Waals surface area (Å²) in [4.78, 5) is 14.9. The number of carbonyl (C=O) groups is 1. The van der Waals surface area contributed by atoms with Crippen molar-refractivity contribution in [1.29, 1.82) is 0 Å². The van der Waals surface area contributed by atoms with Gasteiger partial charge in [-0.1, -0.05) is 48.5 Å². The molecule has 1 fully saturated rings. The lowest BCUT2D eigenvalue weighted by Gasteiger charge is -2.22. The molecule has 5 rings (SSSR count). The zero-order valence-electron chi connectivity index (χ0n) is 15.7. The van der Waals surface area contributed by atoms with E-state index in [0.29, 0.717) is 26.4 Å². The first-order valence-corrected chi connectivity index (χ1v) is 9.51. The fourth-order valence-corrected chi connectivity index (χ4v) is 4.09. The summed E-state index contributed by atoms with van der Waals surface area (Å²) in [5.41, 5.74) is 2.68. The van der Waals surface area contributed by atoms with Crippen LogP contribution >= 0.6 is 0 Å². The number of rotatable bonds is 4. The average Bonchev–Trinajstić information content (AvgIpc) is 3.30. The normalized spacial score (nSPS) is 17.5. The van der Waals surface area contributed by atoms with Gasteiger partial charge in [-0.25, -0.2) is 0 Å². The fourth-order valence-electron chi connectivity index (χ4n) is 4.09. The first-order chi connectivity index (χ1) is 13.7. The predicted octanol–water partition coefficient (Wildman–Crippen LogP) is 3.77. The molecule has 1 spiro atoms. The van der Waals surface area contributed by atoms with Crippen LogP contribution < -0.4 is 9.64 Å². The van der Waals surface area contributed by atoms with E-state index >= 15 is 0 Å². The molecule has 5 nitrogen and oxygen atoms in total. The van der Waals surface area contributed by atoms with E-state index in [2.05, 4.69) is 12.1 Å². The number of benzene rings is 3. The van der Waals surface area contributed by atoms with E-state index < -0.39 is 5.79 Å². The van der Waals surface area contributed by atoms with Gasteiger partial charge in [0.05, 0.1) is 25.4 Å². The van der Waals surface area contributed by atoms with Gasteiger partial charge in [0.15, 0.2) is 0 Å². The molecule has 0 bridgehead atoms. The molecule has 0 aromatic heterocycles. The van der Waals surface area contributed by atoms with Crippen LogP contribution in [0.15, 0.2) is 60.7 Å². The molecule has 1 amide bonds. The standard InChI is InChI=1S/C23H21NO4/c1-16-5-4-8-20-21(16)24(22(25)23(20)27-13-14-28-23)11-12-26-19-10-9-17-6-2-3-7-18(17)15-19/h2-10,15H,11-14H2,1H3. The maximum Gasteiger partial charge on any atom is 0.292 e. The number of para-hydroxylation sites is 1. The van der Waals surface area contributed by atoms with E-state index in [-0.39, 0.29) is 5.91 Å². The van der Waals surface area contributed by atoms with Gasteiger partial charge in [0.2, 0.25) is 0 Å². The molecule has 2 aliphatic rings. The van der Waals surface area contributed by atoms with Gasteiger partial charge >= 0.3 is 0 Å². The lowest BCUT2D eigenvalue weighted by atomic mass is 10.0. The summed E-state index contributed by atoms with van der Waals surface area (Å²) in [5, 5.41) is 2.30. The number of carbonyl (C=O) groups excluding carboxylic acids is 1. The minimum absolute atomic E-state index is 0.170. The van der Waals surface area contributed by atoms with E-state index in [1.54, 1.807) is 4.90 Å². The van der Waals surface area contributed by atoms with Crippen molar-refractivity contribution >= 4 is 22.4 Å². The smallest absolute Gasteiger partial charge is 0.292 e. The Bertz CT molecular complexity index is 1060. The van der Waals surface area contributed by atoms with Crippen LogP contribution in [0.25, 0.3) is 10.8 Å². The molecule has 1 saturated heterocycles. The van der Waals surface area contributed by atoms with Crippen LogP contribution in [-0.2, 0) is 20.1 Å². The third-order valence-electron chi connectivity index (χ3n) is 5.39. The van der Waals surface area contributed by atoms with Crippen LogP contribution in [0.2, 0.25) is 0 Å². The maximum atomic E-state index is 13.2. The van der Waals surface area contributed by atoms with Gasteiger partial charge in [0.1, 0.15) is 12.4 Å². The number of nitrogens with zero attached hydrogens (tertiary/aromatic N) is 1. The zero-order valence-corrected chi connectivity index (χ0v) is 15.7. The van der Waals surface area contributed by atoms with Crippen molar-refractivity contribution in [2.75, 3.05) is 31.3 Å². The molecule has 28 heavy (non-hydrogen) atoms. The number of fused-ring (bicyclic) bond motifs is 3. The number of hydrogen-bond acceptors (Lipinski definition) is 4. The van der Waals surface area contributed by atoms with Crippen molar-refractivity contribution in [3.63, 3.8) is 0 Å². The van der Waals surface area contributed by atoms with Crippen molar-refractivity contribution in [2.24, 2.45) is 0 Å². The Labute approximate surface area is 163 Å². The number of ether oxygens (including phenoxy) is 3. The van der Waals surface area contributed by atoms with Crippen LogP contribution in [-0.4, -0.2) is 32.3 Å². The Hall–Kier alpha value is -2.89. The van der Waals surface area contributed by atoms with Gasteiger partial charge in [-0.2, -0.15) is 0 Å². The van der Waals surface area contributed by atoms with Gasteiger partial charge in [0.25, 0.3) is 11.7 Å². The van der Waals surface area contributed by atoms with E-state index in [1.807, 2.05) is 55.5 Å². The molecular weight excluding hydrogens is 354 g/mol. The summed E-state index contributed by atoms with van der Waals surface area (Å²) in [5.74, 6) is -0.667. The highest BCUT2D eigenvalue weighted by atomic mass is 16.7. The topological polar surface area (TPSA) is 48.0 Å². The molecule has 0 N–H and O–H groups in total. The average molecular weight is 375 g/mol. The number of hydrogen-bond donors (Lipinski definition) is 0. The minimum Gasteiger partial charge on any atom is -0.492 e. The highest BCUT2D eigenvalue weighted by Crippen LogP contribution is 2.46. The molecule has 5 heteroatoms. The zero-order chi connectivity index (χ0) is 19.1. The Morgan fingerprint density at radius 2 is 1.79 bits per heavy atom. The third kappa shape index (κ3) is 2.58. The lowest BCUT2D eigenvalue weighted by molar-refractivity contribution is -0.180. The van der Waals surface area contributed by atoms with E-state index in [9.17, 15) is 4.79 Å². The maximum absolute atomic E-state index is 13.2. The number of amides is 1. The molecule has 0 unspecified atom stereocenters. The third-order valence-corrected chi connectivity index (χ3v) is 5.39. The molecule has 0 radical (unpaired) electrons. The SMILES string of the molecule is Cc1cccc2c1N(CCOc1ccc3ccccc3c1)C(=O)C21OCCO1. The summed E-state index contributed by atoms with van der Waals surface area (Å²) in [7, 11) is 0. The first kappa shape index (κ1) is 17.2. The predicted molar refractivity (Wildman–Crippen MR) is 107 cm³/mol. The van der Waals surface area contributed by atoms with Crippen molar-refractivity contribution < 1.29 is 19.0 Å². The van der Waals surface area contributed by atoms with E-state index in [1.165, 1.54) is 5.39 Å². The number of aryl methyl sites for hydroxylation is 1. The Balaban J connectivity index is 1.37. The van der Waals surface area contributed by atoms with Crippen LogP contribution in [0, 0.1) is 6.92 Å². The second-order valence-electron chi connectivity index (χ2n) is 7.10. The quantitative estimate of drug-likeness (QED) is 0.696. The molecule has 0 aliphatic carbocycles. The van der Waals surface area contributed by atoms with Crippen molar-refractivity contribution in [1.82, 2.24) is 0 Å². The van der Waals surface area contributed by atoms with Crippen LogP contribution in [0.5, 0.6) is 5.75 Å². The second kappa shape index (κ2) is 6.62. The van der Waals surface area contributed by atoms with Crippen LogP contribution in [0.1, 0.15) is 11.1 Å². The summed E-state index contributed by atoms with van der Waals surface area (Å²) >= 11 is 0. The van der Waals surface area contributed by atoms with Crippen molar-refractivity contribution in [3.05, 3.63) is 71.8 Å². The summed E-state index contributed by atoms with van der Waals surface area (Å²) in [6.45, 7) is 3.64. The molecule has 3 aromatic rings. The monoisotopic (exact) mass is 375 g/mol. The Morgan fingerprint density at radius 3 is 2.61 bits per heavy atom. The van der Waals surface area contributed by atoms with Gasteiger partial charge in [0, 0.05) is 5.56 Å². The fraction of sp³-hybridized carbons (Fsp3) is 0.261. The molecule has 0 saturated carbocycles. The first-order valence-electron chi connectivity index (χ1n) is 9.51. The molecular formula is C23H21NO4. The van der Waals surface area contributed by atoms with Gasteiger partial charge in [-0.05, 0) is 35.4 Å². The van der Waals surface area contributed by atoms with Gasteiger partial charge in [-0.3, -0.25) is 4.79 Å². The summed E-state index contributed by atoms with van der Waals surface area (Å²) in [6, 6.07) is 20.0. The van der Waals surface area contributed by atoms with E-state index in [4.69, 9.17) is 14.2 Å².